The molecule has 0 bridgehead atoms. The van der Waals surface area contributed by atoms with E-state index >= 15 is 0 Å². The Labute approximate surface area is 118 Å². The van der Waals surface area contributed by atoms with Crippen molar-refractivity contribution in [2.75, 3.05) is 25.5 Å². The van der Waals surface area contributed by atoms with Crippen molar-refractivity contribution in [2.24, 2.45) is 0 Å². The summed E-state index contributed by atoms with van der Waals surface area (Å²) in [6.07, 6.45) is 4.34. The fourth-order valence-electron chi connectivity index (χ4n) is 1.46. The van der Waals surface area contributed by atoms with Crippen LogP contribution in [0.4, 0.5) is 5.69 Å². The van der Waals surface area contributed by atoms with Crippen molar-refractivity contribution in [3.05, 3.63) is 23.0 Å². The highest BCUT2D eigenvalue weighted by atomic mass is 35.5. The summed E-state index contributed by atoms with van der Waals surface area (Å²) in [6, 6.07) is 1.46. The number of aromatic nitrogens is 1. The molecule has 0 fully saturated rings. The van der Waals surface area contributed by atoms with Gasteiger partial charge in [-0.15, -0.1) is 0 Å². The van der Waals surface area contributed by atoms with Gasteiger partial charge in [0.25, 0.3) is 5.91 Å². The van der Waals surface area contributed by atoms with Crippen LogP contribution in [0.25, 0.3) is 0 Å². The van der Waals surface area contributed by atoms with Crippen LogP contribution in [0.5, 0.6) is 0 Å². The smallest absolute Gasteiger partial charge is 0.253 e. The average molecular weight is 286 g/mol. The molecule has 19 heavy (non-hydrogen) atoms. The number of rotatable bonds is 8. The summed E-state index contributed by atoms with van der Waals surface area (Å²) in [6.45, 7) is 4.09. The van der Waals surface area contributed by atoms with Crippen molar-refractivity contribution in [3.8, 4) is 0 Å². The third-order valence-electron chi connectivity index (χ3n) is 2.54. The quantitative estimate of drug-likeness (QED) is 0.567. The molecule has 0 aliphatic carbocycles. The molecule has 0 saturated heterocycles. The molecule has 5 nitrogen and oxygen atoms in total. The summed E-state index contributed by atoms with van der Waals surface area (Å²) in [5.74, 6) is -0.240. The van der Waals surface area contributed by atoms with Gasteiger partial charge in [-0.05, 0) is 18.9 Å². The number of nitrogen functional groups attached to an aromatic ring is 1. The second-order valence-electron chi connectivity index (χ2n) is 4.17. The summed E-state index contributed by atoms with van der Waals surface area (Å²) in [4.78, 5) is 15.6. The maximum absolute atomic E-state index is 11.8. The molecule has 1 aromatic rings. The van der Waals surface area contributed by atoms with Crippen LogP contribution in [0.2, 0.25) is 5.15 Å². The maximum atomic E-state index is 11.8. The van der Waals surface area contributed by atoms with E-state index in [0.29, 0.717) is 24.4 Å². The Balaban J connectivity index is 2.26. The highest BCUT2D eigenvalue weighted by Crippen LogP contribution is 2.14. The average Bonchev–Trinajstić information content (AvgIpc) is 2.40. The fraction of sp³-hybridized carbons (Fsp3) is 0.538. The first-order chi connectivity index (χ1) is 9.15. The van der Waals surface area contributed by atoms with Crippen LogP contribution in [-0.2, 0) is 4.74 Å². The lowest BCUT2D eigenvalue weighted by Gasteiger charge is -2.08. The number of carbonyl (C=O) groups excluding carboxylic acids is 1. The Hall–Kier alpha value is -1.33. The number of hydrogen-bond acceptors (Lipinski definition) is 4. The summed E-state index contributed by atoms with van der Waals surface area (Å²) < 4.78 is 5.40. The fourth-order valence-corrected chi connectivity index (χ4v) is 1.61. The molecular weight excluding hydrogens is 266 g/mol. The Morgan fingerprint density at radius 1 is 1.47 bits per heavy atom. The molecule has 0 spiro atoms. The second kappa shape index (κ2) is 8.72. The minimum absolute atomic E-state index is 0.240. The van der Waals surface area contributed by atoms with E-state index in [0.717, 1.165) is 25.9 Å². The van der Waals surface area contributed by atoms with Crippen molar-refractivity contribution >= 4 is 23.2 Å². The zero-order chi connectivity index (χ0) is 14.1. The van der Waals surface area contributed by atoms with Crippen LogP contribution in [0.15, 0.2) is 12.3 Å². The first-order valence-electron chi connectivity index (χ1n) is 6.42. The summed E-state index contributed by atoms with van der Waals surface area (Å²) in [7, 11) is 0. The number of halogens is 1. The minimum Gasteiger partial charge on any atom is -0.397 e. The van der Waals surface area contributed by atoms with Gasteiger partial charge in [-0.2, -0.15) is 0 Å². The summed E-state index contributed by atoms with van der Waals surface area (Å²) in [5, 5.41) is 3.02. The van der Waals surface area contributed by atoms with E-state index in [-0.39, 0.29) is 11.1 Å². The molecule has 0 radical (unpaired) electrons. The number of pyridine rings is 1. The Morgan fingerprint density at radius 3 is 2.95 bits per heavy atom. The number of unbranched alkanes of at least 4 members (excludes halogenated alkanes) is 1. The third kappa shape index (κ3) is 5.89. The number of amides is 1. The SMILES string of the molecule is CCCCOCCCNC(=O)c1cc(Cl)ncc1N. The van der Waals surface area contributed by atoms with Gasteiger partial charge in [-0.25, -0.2) is 4.98 Å². The largest absolute Gasteiger partial charge is 0.397 e. The van der Waals surface area contributed by atoms with E-state index in [4.69, 9.17) is 22.1 Å². The van der Waals surface area contributed by atoms with Crippen molar-refractivity contribution in [1.29, 1.82) is 0 Å². The van der Waals surface area contributed by atoms with Gasteiger partial charge < -0.3 is 15.8 Å². The highest BCUT2D eigenvalue weighted by molar-refractivity contribution is 6.29. The van der Waals surface area contributed by atoms with Crippen molar-refractivity contribution in [3.63, 3.8) is 0 Å². The van der Waals surface area contributed by atoms with Crippen molar-refractivity contribution in [1.82, 2.24) is 10.3 Å². The predicted octanol–water partition coefficient (Wildman–Crippen LogP) is 2.25. The van der Waals surface area contributed by atoms with E-state index in [9.17, 15) is 4.79 Å². The molecule has 106 valence electrons. The number of carbonyl (C=O) groups is 1. The molecule has 1 aromatic heterocycles. The van der Waals surface area contributed by atoms with Gasteiger partial charge in [-0.1, -0.05) is 24.9 Å². The Bertz CT molecular complexity index is 413. The van der Waals surface area contributed by atoms with Gasteiger partial charge in [0, 0.05) is 19.8 Å². The van der Waals surface area contributed by atoms with E-state index in [2.05, 4.69) is 17.2 Å². The van der Waals surface area contributed by atoms with Gasteiger partial charge in [0.05, 0.1) is 17.4 Å². The monoisotopic (exact) mass is 285 g/mol. The molecule has 0 saturated carbocycles. The van der Waals surface area contributed by atoms with Crippen LogP contribution in [0.1, 0.15) is 36.5 Å². The van der Waals surface area contributed by atoms with E-state index < -0.39 is 0 Å². The first kappa shape index (κ1) is 15.7. The number of nitrogens with one attached hydrogen (secondary N) is 1. The lowest BCUT2D eigenvalue weighted by molar-refractivity contribution is 0.0941. The van der Waals surface area contributed by atoms with Gasteiger partial charge in [0.15, 0.2) is 0 Å². The second-order valence-corrected chi connectivity index (χ2v) is 4.56. The molecule has 1 heterocycles. The molecule has 0 unspecified atom stereocenters. The number of anilines is 1. The standard InChI is InChI=1S/C13H20ClN3O2/c1-2-3-6-19-7-4-5-16-13(18)10-8-12(14)17-9-11(10)15/h8-9H,2-7,15H2,1H3,(H,16,18). The van der Waals surface area contributed by atoms with E-state index in [1.807, 2.05) is 0 Å². The Morgan fingerprint density at radius 2 is 2.21 bits per heavy atom. The highest BCUT2D eigenvalue weighted by Gasteiger charge is 2.10. The van der Waals surface area contributed by atoms with Crippen molar-refractivity contribution < 1.29 is 9.53 Å². The molecule has 1 amide bonds. The van der Waals surface area contributed by atoms with E-state index in [1.54, 1.807) is 0 Å². The minimum atomic E-state index is -0.240. The number of hydrogen-bond donors (Lipinski definition) is 2. The predicted molar refractivity (Wildman–Crippen MR) is 76.3 cm³/mol. The van der Waals surface area contributed by atoms with Crippen molar-refractivity contribution in [2.45, 2.75) is 26.2 Å². The number of nitrogens with two attached hydrogens (primary N) is 1. The topological polar surface area (TPSA) is 77.2 Å². The van der Waals surface area contributed by atoms with Gasteiger partial charge >= 0.3 is 0 Å². The lowest BCUT2D eigenvalue weighted by Crippen LogP contribution is -2.26. The summed E-state index contributed by atoms with van der Waals surface area (Å²) >= 11 is 5.73. The molecule has 0 aliphatic heterocycles. The normalized spacial score (nSPS) is 10.4. The van der Waals surface area contributed by atoms with Crippen LogP contribution >= 0.6 is 11.6 Å². The van der Waals surface area contributed by atoms with Gasteiger partial charge in [-0.3, -0.25) is 4.79 Å². The van der Waals surface area contributed by atoms with Gasteiger partial charge in [0.1, 0.15) is 5.15 Å². The number of ether oxygens (including phenoxy) is 1. The van der Waals surface area contributed by atoms with E-state index in [1.165, 1.54) is 12.3 Å². The molecule has 6 heteroatoms. The maximum Gasteiger partial charge on any atom is 0.253 e. The van der Waals surface area contributed by atoms with Crippen LogP contribution in [-0.4, -0.2) is 30.6 Å². The lowest BCUT2D eigenvalue weighted by atomic mass is 10.2. The molecule has 0 atom stereocenters. The zero-order valence-corrected chi connectivity index (χ0v) is 11.9. The zero-order valence-electron chi connectivity index (χ0n) is 11.1. The number of nitrogens with zero attached hydrogens (tertiary/aromatic N) is 1. The molecule has 0 aromatic carbocycles. The van der Waals surface area contributed by atoms with Crippen LogP contribution in [0.3, 0.4) is 0 Å². The molecule has 3 N–H and O–H groups in total. The summed E-state index contributed by atoms with van der Waals surface area (Å²) in [5.41, 5.74) is 6.34. The molecule has 1 rings (SSSR count). The Kier molecular flexibility index (Phi) is 7.22. The molecular formula is C13H20ClN3O2. The first-order valence-corrected chi connectivity index (χ1v) is 6.80. The van der Waals surface area contributed by atoms with Gasteiger partial charge in [0.2, 0.25) is 0 Å². The van der Waals surface area contributed by atoms with Crippen LogP contribution in [0, 0.1) is 0 Å². The van der Waals surface area contributed by atoms with Crippen LogP contribution < -0.4 is 11.1 Å². The third-order valence-corrected chi connectivity index (χ3v) is 2.75. The molecule has 0 aliphatic rings.